The summed E-state index contributed by atoms with van der Waals surface area (Å²) in [4.78, 5) is 1.87. The summed E-state index contributed by atoms with van der Waals surface area (Å²) in [5.74, 6) is -2.82. The number of alkyl halides is 2. The average Bonchev–Trinajstić information content (AvgIpc) is 3.31. The van der Waals surface area contributed by atoms with Gasteiger partial charge < -0.3 is 10.1 Å². The number of morpholine rings is 1. The van der Waals surface area contributed by atoms with E-state index in [1.165, 1.54) is 25.0 Å². The Kier molecular flexibility index (Phi) is 4.52. The summed E-state index contributed by atoms with van der Waals surface area (Å²) < 4.78 is 34.3. The molecule has 1 saturated carbocycles. The molecule has 1 saturated heterocycles. The molecule has 1 unspecified atom stereocenters. The van der Waals surface area contributed by atoms with Crippen LogP contribution in [0.15, 0.2) is 30.3 Å². The van der Waals surface area contributed by atoms with E-state index in [-0.39, 0.29) is 18.2 Å². The van der Waals surface area contributed by atoms with Crippen LogP contribution in [0, 0.1) is 0 Å². The lowest BCUT2D eigenvalue weighted by Gasteiger charge is -2.37. The molecule has 1 aromatic carbocycles. The van der Waals surface area contributed by atoms with Gasteiger partial charge >= 0.3 is 0 Å². The van der Waals surface area contributed by atoms with E-state index in [9.17, 15) is 8.78 Å². The zero-order valence-electron chi connectivity index (χ0n) is 12.1. The Morgan fingerprint density at radius 2 is 2.00 bits per heavy atom. The fraction of sp³-hybridized carbons (Fsp3) is 0.625. The molecular formula is C16H22F2N2O. The van der Waals surface area contributed by atoms with Crippen molar-refractivity contribution in [2.45, 2.75) is 30.8 Å². The van der Waals surface area contributed by atoms with Crippen molar-refractivity contribution in [2.75, 3.05) is 32.8 Å². The highest BCUT2D eigenvalue weighted by Gasteiger charge is 2.37. The van der Waals surface area contributed by atoms with Gasteiger partial charge in [0.25, 0.3) is 5.92 Å². The number of hydrogen-bond acceptors (Lipinski definition) is 3. The lowest BCUT2D eigenvalue weighted by atomic mass is 10.1. The lowest BCUT2D eigenvalue weighted by molar-refractivity contribution is -0.0830. The van der Waals surface area contributed by atoms with E-state index >= 15 is 0 Å². The molecule has 0 aromatic heterocycles. The third-order valence-electron chi connectivity index (χ3n) is 4.17. The maximum atomic E-state index is 14.4. The first-order chi connectivity index (χ1) is 10.1. The Balaban J connectivity index is 1.62. The van der Waals surface area contributed by atoms with Crippen LogP contribution in [0.5, 0.6) is 0 Å². The molecule has 1 atom stereocenters. The van der Waals surface area contributed by atoms with Gasteiger partial charge in [0.05, 0.1) is 19.8 Å². The van der Waals surface area contributed by atoms with Gasteiger partial charge in [-0.15, -0.1) is 0 Å². The number of hydrogen-bond donors (Lipinski definition) is 1. The second-order valence-corrected chi connectivity index (χ2v) is 5.95. The van der Waals surface area contributed by atoms with Crippen molar-refractivity contribution in [1.29, 1.82) is 0 Å². The minimum absolute atomic E-state index is 0.0361. The van der Waals surface area contributed by atoms with E-state index < -0.39 is 5.92 Å². The molecule has 0 amide bonds. The third-order valence-corrected chi connectivity index (χ3v) is 4.17. The average molecular weight is 296 g/mol. The van der Waals surface area contributed by atoms with Crippen LogP contribution in [0.4, 0.5) is 8.78 Å². The quantitative estimate of drug-likeness (QED) is 0.871. The van der Waals surface area contributed by atoms with Gasteiger partial charge in [-0.25, -0.2) is 0 Å². The zero-order valence-corrected chi connectivity index (χ0v) is 12.1. The van der Waals surface area contributed by atoms with Gasteiger partial charge in [0.2, 0.25) is 0 Å². The van der Waals surface area contributed by atoms with Gasteiger partial charge in [-0.1, -0.05) is 30.3 Å². The predicted octanol–water partition coefficient (Wildman–Crippen LogP) is 2.23. The number of benzene rings is 1. The summed E-state index contributed by atoms with van der Waals surface area (Å²) in [5.41, 5.74) is 0.0883. The lowest BCUT2D eigenvalue weighted by Crippen LogP contribution is -2.53. The number of ether oxygens (including phenoxy) is 1. The molecule has 116 valence electrons. The Morgan fingerprint density at radius 3 is 2.71 bits per heavy atom. The molecule has 0 spiro atoms. The summed E-state index contributed by atoms with van der Waals surface area (Å²) in [5, 5.41) is 3.42. The maximum Gasteiger partial charge on any atom is 0.285 e. The van der Waals surface area contributed by atoms with Crippen LogP contribution in [-0.4, -0.2) is 49.8 Å². The summed E-state index contributed by atoms with van der Waals surface area (Å²) in [6, 6.07) is 8.70. The molecule has 5 heteroatoms. The van der Waals surface area contributed by atoms with E-state index in [0.29, 0.717) is 25.8 Å². The molecule has 2 aliphatic rings. The minimum atomic E-state index is -2.82. The Labute approximate surface area is 124 Å². The first-order valence-corrected chi connectivity index (χ1v) is 7.64. The van der Waals surface area contributed by atoms with Crippen molar-refractivity contribution < 1.29 is 13.5 Å². The number of nitrogens with zero attached hydrogens (tertiary/aromatic N) is 1. The molecule has 21 heavy (non-hydrogen) atoms. The zero-order chi connectivity index (χ0) is 14.7. The minimum Gasteiger partial charge on any atom is -0.378 e. The monoisotopic (exact) mass is 296 g/mol. The predicted molar refractivity (Wildman–Crippen MR) is 77.5 cm³/mol. The molecule has 1 aromatic rings. The highest BCUT2D eigenvalue weighted by Crippen LogP contribution is 2.30. The van der Waals surface area contributed by atoms with Crippen LogP contribution in [0.2, 0.25) is 0 Å². The van der Waals surface area contributed by atoms with Gasteiger partial charge in [-0.2, -0.15) is 8.78 Å². The molecule has 0 bridgehead atoms. The molecule has 1 heterocycles. The summed E-state index contributed by atoms with van der Waals surface area (Å²) in [7, 11) is 0. The molecule has 2 fully saturated rings. The van der Waals surface area contributed by atoms with Crippen molar-refractivity contribution >= 4 is 0 Å². The van der Waals surface area contributed by atoms with Crippen LogP contribution in [-0.2, 0) is 10.7 Å². The fourth-order valence-corrected chi connectivity index (χ4v) is 2.70. The van der Waals surface area contributed by atoms with Crippen LogP contribution >= 0.6 is 0 Å². The van der Waals surface area contributed by atoms with Gasteiger partial charge in [0, 0.05) is 30.7 Å². The number of halogens is 2. The van der Waals surface area contributed by atoms with Crippen LogP contribution < -0.4 is 5.32 Å². The SMILES string of the molecule is FC(F)(CN1CCOCC1CNC1CC1)c1ccccc1. The third kappa shape index (κ3) is 3.99. The summed E-state index contributed by atoms with van der Waals surface area (Å²) in [6.45, 7) is 2.13. The Hall–Kier alpha value is -1.04. The molecule has 3 rings (SSSR count). The van der Waals surface area contributed by atoms with Crippen molar-refractivity contribution in [3.63, 3.8) is 0 Å². The Bertz CT molecular complexity index is 451. The van der Waals surface area contributed by atoms with E-state index in [1.54, 1.807) is 18.2 Å². The first kappa shape index (κ1) is 14.9. The largest absolute Gasteiger partial charge is 0.378 e. The topological polar surface area (TPSA) is 24.5 Å². The van der Waals surface area contributed by atoms with Crippen molar-refractivity contribution in [3.05, 3.63) is 35.9 Å². The fourth-order valence-electron chi connectivity index (χ4n) is 2.70. The van der Waals surface area contributed by atoms with E-state index in [1.807, 2.05) is 4.90 Å². The van der Waals surface area contributed by atoms with Crippen LogP contribution in [0.25, 0.3) is 0 Å². The van der Waals surface area contributed by atoms with E-state index in [4.69, 9.17) is 4.74 Å². The van der Waals surface area contributed by atoms with Crippen LogP contribution in [0.1, 0.15) is 18.4 Å². The maximum absolute atomic E-state index is 14.4. The molecule has 1 N–H and O–H groups in total. The van der Waals surface area contributed by atoms with Crippen molar-refractivity contribution in [3.8, 4) is 0 Å². The van der Waals surface area contributed by atoms with Gasteiger partial charge in [0.15, 0.2) is 0 Å². The van der Waals surface area contributed by atoms with Gasteiger partial charge in [-0.05, 0) is 12.8 Å². The summed E-state index contributed by atoms with van der Waals surface area (Å²) >= 11 is 0. The van der Waals surface area contributed by atoms with E-state index in [0.717, 1.165) is 6.54 Å². The second kappa shape index (κ2) is 6.38. The van der Waals surface area contributed by atoms with Crippen LogP contribution in [0.3, 0.4) is 0 Å². The number of nitrogens with one attached hydrogen (secondary N) is 1. The summed E-state index contributed by atoms with van der Waals surface area (Å²) in [6.07, 6.45) is 2.40. The molecule has 3 nitrogen and oxygen atoms in total. The smallest absolute Gasteiger partial charge is 0.285 e. The molecule has 0 radical (unpaired) electrons. The number of rotatable bonds is 6. The normalized spacial score (nSPS) is 24.2. The second-order valence-electron chi connectivity index (χ2n) is 5.95. The standard InChI is InChI=1S/C16H22F2N2O/c17-16(18,13-4-2-1-3-5-13)12-20-8-9-21-11-15(20)10-19-14-6-7-14/h1-5,14-15,19H,6-12H2. The Morgan fingerprint density at radius 1 is 1.24 bits per heavy atom. The van der Waals surface area contributed by atoms with E-state index in [2.05, 4.69) is 5.32 Å². The van der Waals surface area contributed by atoms with Gasteiger partial charge in [0.1, 0.15) is 0 Å². The molecular weight excluding hydrogens is 274 g/mol. The van der Waals surface area contributed by atoms with Crippen molar-refractivity contribution in [2.24, 2.45) is 0 Å². The first-order valence-electron chi connectivity index (χ1n) is 7.64. The highest BCUT2D eigenvalue weighted by molar-refractivity contribution is 5.20. The highest BCUT2D eigenvalue weighted by atomic mass is 19.3. The van der Waals surface area contributed by atoms with Gasteiger partial charge in [-0.3, -0.25) is 4.90 Å². The molecule has 1 aliphatic heterocycles. The van der Waals surface area contributed by atoms with Crippen molar-refractivity contribution in [1.82, 2.24) is 10.2 Å². The molecule has 1 aliphatic carbocycles.